The molecule has 4 atom stereocenters. The lowest BCUT2D eigenvalue weighted by Gasteiger charge is -2.18. The quantitative estimate of drug-likeness (QED) is 0.255. The molecule has 6 heteroatoms. The SMILES string of the molecule is CCCCCCCCCCCCCCCCC(=O)[C@H](O)[C@H]1OC(=O)[C@@H](O)[C@H]1O. The molecule has 1 rings (SSSR count). The molecule has 0 radical (unpaired) electrons. The van der Waals surface area contributed by atoms with Crippen molar-refractivity contribution in [1.29, 1.82) is 0 Å². The highest BCUT2D eigenvalue weighted by Gasteiger charge is 2.47. The van der Waals surface area contributed by atoms with Crippen LogP contribution in [0.25, 0.3) is 0 Å². The van der Waals surface area contributed by atoms with Gasteiger partial charge in [0.25, 0.3) is 0 Å². The Bertz CT molecular complexity index is 439. The summed E-state index contributed by atoms with van der Waals surface area (Å²) in [7, 11) is 0. The van der Waals surface area contributed by atoms with E-state index in [2.05, 4.69) is 11.7 Å². The van der Waals surface area contributed by atoms with Gasteiger partial charge in [0.1, 0.15) is 6.10 Å². The first kappa shape index (κ1) is 25.1. The maximum Gasteiger partial charge on any atom is 0.338 e. The summed E-state index contributed by atoms with van der Waals surface area (Å²) in [5, 5.41) is 28.9. The van der Waals surface area contributed by atoms with Crippen molar-refractivity contribution in [3.63, 3.8) is 0 Å². The van der Waals surface area contributed by atoms with E-state index in [1.54, 1.807) is 0 Å². The van der Waals surface area contributed by atoms with E-state index < -0.39 is 36.2 Å². The highest BCUT2D eigenvalue weighted by Crippen LogP contribution is 2.21. The number of ketones is 1. The molecule has 0 amide bonds. The van der Waals surface area contributed by atoms with Gasteiger partial charge in [-0.2, -0.15) is 0 Å². The third-order valence-corrected chi connectivity index (χ3v) is 5.57. The fraction of sp³-hybridized carbons (Fsp3) is 0.909. The third kappa shape index (κ3) is 9.48. The van der Waals surface area contributed by atoms with Crippen molar-refractivity contribution >= 4 is 11.8 Å². The second-order valence-electron chi connectivity index (χ2n) is 8.09. The number of cyclic esters (lactones) is 1. The van der Waals surface area contributed by atoms with Crippen LogP contribution in [0.1, 0.15) is 103 Å². The molecule has 28 heavy (non-hydrogen) atoms. The van der Waals surface area contributed by atoms with E-state index in [0.29, 0.717) is 6.42 Å². The molecular formula is C22H40O6. The van der Waals surface area contributed by atoms with Gasteiger partial charge in [-0.25, -0.2) is 4.79 Å². The average Bonchev–Trinajstić information content (AvgIpc) is 2.94. The van der Waals surface area contributed by atoms with Crippen LogP contribution >= 0.6 is 0 Å². The average molecular weight is 401 g/mol. The minimum Gasteiger partial charge on any atom is -0.454 e. The van der Waals surface area contributed by atoms with Crippen molar-refractivity contribution in [2.75, 3.05) is 0 Å². The van der Waals surface area contributed by atoms with Gasteiger partial charge >= 0.3 is 5.97 Å². The number of hydrogen-bond acceptors (Lipinski definition) is 6. The normalized spacial score (nSPS) is 23.0. The molecule has 0 spiro atoms. The van der Waals surface area contributed by atoms with E-state index in [1.165, 1.54) is 70.6 Å². The molecule has 164 valence electrons. The van der Waals surface area contributed by atoms with E-state index in [0.717, 1.165) is 12.8 Å². The third-order valence-electron chi connectivity index (χ3n) is 5.57. The van der Waals surface area contributed by atoms with Crippen molar-refractivity contribution in [2.45, 2.75) is 128 Å². The Balaban J connectivity index is 1.93. The number of Topliss-reactive ketones (excluding diaryl/α,β-unsaturated/α-hetero) is 1. The molecule has 1 aliphatic heterocycles. The van der Waals surface area contributed by atoms with Crippen LogP contribution in [-0.2, 0) is 14.3 Å². The number of aliphatic hydroxyl groups excluding tert-OH is 3. The van der Waals surface area contributed by atoms with Crippen molar-refractivity contribution in [1.82, 2.24) is 0 Å². The van der Waals surface area contributed by atoms with Crippen molar-refractivity contribution < 1.29 is 29.6 Å². The van der Waals surface area contributed by atoms with Gasteiger partial charge in [-0.15, -0.1) is 0 Å². The van der Waals surface area contributed by atoms with Crippen LogP contribution in [0.15, 0.2) is 0 Å². The number of hydrogen-bond donors (Lipinski definition) is 3. The monoisotopic (exact) mass is 400 g/mol. The Hall–Kier alpha value is -0.980. The fourth-order valence-corrected chi connectivity index (χ4v) is 3.67. The summed E-state index contributed by atoms with van der Waals surface area (Å²) in [5.74, 6) is -1.45. The van der Waals surface area contributed by atoms with E-state index in [4.69, 9.17) is 0 Å². The maximum absolute atomic E-state index is 12.0. The molecule has 0 bridgehead atoms. The summed E-state index contributed by atoms with van der Waals surface area (Å²) < 4.78 is 4.68. The van der Waals surface area contributed by atoms with E-state index in [9.17, 15) is 24.9 Å². The summed E-state index contributed by atoms with van der Waals surface area (Å²) in [6.45, 7) is 2.24. The Morgan fingerprint density at radius 3 is 1.68 bits per heavy atom. The Morgan fingerprint density at radius 2 is 1.29 bits per heavy atom. The van der Waals surface area contributed by atoms with Gasteiger partial charge in [-0.3, -0.25) is 4.79 Å². The minimum atomic E-state index is -1.69. The molecule has 0 aromatic carbocycles. The lowest BCUT2D eigenvalue weighted by Crippen LogP contribution is -2.42. The fourth-order valence-electron chi connectivity index (χ4n) is 3.67. The highest BCUT2D eigenvalue weighted by molar-refractivity contribution is 5.85. The lowest BCUT2D eigenvalue weighted by atomic mass is 9.98. The van der Waals surface area contributed by atoms with Crippen LogP contribution in [0, 0.1) is 0 Å². The molecule has 1 saturated heterocycles. The first-order valence-corrected chi connectivity index (χ1v) is 11.3. The molecule has 0 saturated carbocycles. The van der Waals surface area contributed by atoms with Gasteiger partial charge in [-0.1, -0.05) is 90.4 Å². The molecule has 0 aromatic rings. The second kappa shape index (κ2) is 14.9. The van der Waals surface area contributed by atoms with Crippen LogP contribution in [0.2, 0.25) is 0 Å². The summed E-state index contributed by atoms with van der Waals surface area (Å²) in [6, 6.07) is 0. The summed E-state index contributed by atoms with van der Waals surface area (Å²) in [6.07, 6.45) is 11.2. The number of unbranched alkanes of at least 4 members (excludes halogenated alkanes) is 13. The van der Waals surface area contributed by atoms with Crippen LogP contribution < -0.4 is 0 Å². The Labute approximate surface area is 169 Å². The van der Waals surface area contributed by atoms with Crippen molar-refractivity contribution in [3.05, 3.63) is 0 Å². The Morgan fingerprint density at radius 1 is 0.857 bits per heavy atom. The van der Waals surface area contributed by atoms with Gasteiger partial charge in [-0.05, 0) is 6.42 Å². The van der Waals surface area contributed by atoms with E-state index in [-0.39, 0.29) is 6.42 Å². The molecule has 0 aliphatic carbocycles. The van der Waals surface area contributed by atoms with Crippen molar-refractivity contribution in [2.24, 2.45) is 0 Å². The van der Waals surface area contributed by atoms with Crippen LogP contribution in [-0.4, -0.2) is 51.5 Å². The largest absolute Gasteiger partial charge is 0.454 e. The highest BCUT2D eigenvalue weighted by atomic mass is 16.6. The zero-order valence-corrected chi connectivity index (χ0v) is 17.5. The maximum atomic E-state index is 12.0. The Kier molecular flexibility index (Phi) is 13.4. The van der Waals surface area contributed by atoms with E-state index >= 15 is 0 Å². The van der Waals surface area contributed by atoms with Gasteiger partial charge in [0.05, 0.1) is 0 Å². The van der Waals surface area contributed by atoms with Gasteiger partial charge < -0.3 is 20.1 Å². The van der Waals surface area contributed by atoms with Crippen LogP contribution in [0.5, 0.6) is 0 Å². The minimum absolute atomic E-state index is 0.191. The first-order valence-electron chi connectivity index (χ1n) is 11.3. The number of rotatable bonds is 17. The predicted octanol–water partition coefficient (Wildman–Crippen LogP) is 3.44. The number of carbonyl (C=O) groups excluding carboxylic acids is 2. The lowest BCUT2D eigenvalue weighted by molar-refractivity contribution is -0.153. The van der Waals surface area contributed by atoms with Gasteiger partial charge in [0.15, 0.2) is 24.1 Å². The topological polar surface area (TPSA) is 104 Å². The molecule has 3 N–H and O–H groups in total. The van der Waals surface area contributed by atoms with Crippen LogP contribution in [0.3, 0.4) is 0 Å². The summed E-state index contributed by atoms with van der Waals surface area (Å²) in [4.78, 5) is 23.1. The molecule has 1 fully saturated rings. The molecule has 1 heterocycles. The van der Waals surface area contributed by atoms with Gasteiger partial charge in [0, 0.05) is 6.42 Å². The smallest absolute Gasteiger partial charge is 0.338 e. The molecule has 0 unspecified atom stereocenters. The number of carbonyl (C=O) groups is 2. The standard InChI is InChI=1S/C22H40O6/c1-2-3-4-5-6-7-8-9-10-11-12-13-14-15-16-17(23)18(24)21-19(25)20(26)22(27)28-21/h18-21,24-26H,2-16H2,1H3/t18-,19+,20-,21+/m0/s1. The summed E-state index contributed by atoms with van der Waals surface area (Å²) >= 11 is 0. The predicted molar refractivity (Wildman–Crippen MR) is 108 cm³/mol. The van der Waals surface area contributed by atoms with E-state index in [1.807, 2.05) is 0 Å². The first-order chi connectivity index (χ1) is 13.5. The second-order valence-corrected chi connectivity index (χ2v) is 8.09. The molecule has 1 aliphatic rings. The number of esters is 1. The molecule has 0 aromatic heterocycles. The van der Waals surface area contributed by atoms with Crippen LogP contribution in [0.4, 0.5) is 0 Å². The van der Waals surface area contributed by atoms with Gasteiger partial charge in [0.2, 0.25) is 0 Å². The van der Waals surface area contributed by atoms with Crippen molar-refractivity contribution in [3.8, 4) is 0 Å². The number of ether oxygens (including phenoxy) is 1. The molecule has 6 nitrogen and oxygen atoms in total. The zero-order valence-electron chi connectivity index (χ0n) is 17.5. The number of aliphatic hydroxyl groups is 3. The molecular weight excluding hydrogens is 360 g/mol. The summed E-state index contributed by atoms with van der Waals surface area (Å²) in [5.41, 5.74) is 0. The zero-order chi connectivity index (χ0) is 20.8.